The Morgan fingerprint density at radius 1 is 1.44 bits per heavy atom. The number of rotatable bonds is 3. The van der Waals surface area contributed by atoms with Gasteiger partial charge < -0.3 is 5.11 Å². The van der Waals surface area contributed by atoms with Gasteiger partial charge >= 0.3 is 6.09 Å². The van der Waals surface area contributed by atoms with Crippen LogP contribution in [-0.2, 0) is 15.6 Å². The Morgan fingerprint density at radius 2 is 2.06 bits per heavy atom. The van der Waals surface area contributed by atoms with Crippen molar-refractivity contribution in [1.29, 1.82) is 0 Å². The smallest absolute Gasteiger partial charge is 0.411 e. The molecule has 0 aromatic heterocycles. The topological polar surface area (TPSA) is 74.7 Å². The van der Waals surface area contributed by atoms with Crippen molar-refractivity contribution in [2.75, 3.05) is 18.2 Å². The van der Waals surface area contributed by atoms with Gasteiger partial charge in [0.2, 0.25) is 0 Å². The Balaban J connectivity index is 3.00. The molecule has 1 aromatic carbocycles. The van der Waals surface area contributed by atoms with E-state index in [4.69, 9.17) is 5.11 Å². The number of carboxylic acid groups (broad SMARTS) is 1. The van der Waals surface area contributed by atoms with E-state index in [2.05, 4.69) is 0 Å². The molecule has 1 N–H and O–H groups in total. The van der Waals surface area contributed by atoms with Crippen LogP contribution < -0.4 is 4.90 Å². The van der Waals surface area contributed by atoms with Gasteiger partial charge in [-0.05, 0) is 17.7 Å². The molecule has 0 aliphatic rings. The van der Waals surface area contributed by atoms with Crippen molar-refractivity contribution >= 4 is 21.6 Å². The highest BCUT2D eigenvalue weighted by atomic mass is 32.2. The van der Waals surface area contributed by atoms with Gasteiger partial charge in [-0.25, -0.2) is 13.2 Å². The molecule has 0 aliphatic carbocycles. The molecule has 16 heavy (non-hydrogen) atoms. The molecular formula is C10H13NO4S. The van der Waals surface area contributed by atoms with Gasteiger partial charge in [0.05, 0.1) is 5.75 Å². The molecule has 0 radical (unpaired) electrons. The second-order valence-corrected chi connectivity index (χ2v) is 5.72. The molecule has 0 heterocycles. The number of sulfone groups is 1. The lowest BCUT2D eigenvalue weighted by Gasteiger charge is -2.13. The van der Waals surface area contributed by atoms with E-state index < -0.39 is 15.9 Å². The first-order valence-electron chi connectivity index (χ1n) is 4.53. The lowest BCUT2D eigenvalue weighted by molar-refractivity contribution is 0.203. The SMILES string of the molecule is CN(C(=O)O)c1cccc(CS(C)(=O)=O)c1. The van der Waals surface area contributed by atoms with Crippen molar-refractivity contribution in [3.8, 4) is 0 Å². The number of carbonyl (C=O) groups is 1. The van der Waals surface area contributed by atoms with Gasteiger partial charge in [0.25, 0.3) is 0 Å². The molecule has 1 rings (SSSR count). The van der Waals surface area contributed by atoms with E-state index in [9.17, 15) is 13.2 Å². The van der Waals surface area contributed by atoms with Crippen molar-refractivity contribution < 1.29 is 18.3 Å². The quantitative estimate of drug-likeness (QED) is 0.869. The number of anilines is 1. The summed E-state index contributed by atoms with van der Waals surface area (Å²) in [5, 5.41) is 8.77. The van der Waals surface area contributed by atoms with Crippen LogP contribution in [0.25, 0.3) is 0 Å². The molecule has 0 atom stereocenters. The van der Waals surface area contributed by atoms with Crippen molar-refractivity contribution in [3.05, 3.63) is 29.8 Å². The maximum atomic E-state index is 11.1. The monoisotopic (exact) mass is 243 g/mol. The van der Waals surface area contributed by atoms with Crippen LogP contribution in [0.15, 0.2) is 24.3 Å². The summed E-state index contributed by atoms with van der Waals surface area (Å²) >= 11 is 0. The highest BCUT2D eigenvalue weighted by Gasteiger charge is 2.10. The maximum absolute atomic E-state index is 11.1. The zero-order chi connectivity index (χ0) is 12.3. The first kappa shape index (κ1) is 12.5. The first-order valence-corrected chi connectivity index (χ1v) is 6.59. The van der Waals surface area contributed by atoms with Crippen molar-refractivity contribution in [2.45, 2.75) is 5.75 Å². The van der Waals surface area contributed by atoms with Crippen LogP contribution in [0.4, 0.5) is 10.5 Å². The highest BCUT2D eigenvalue weighted by Crippen LogP contribution is 2.16. The molecule has 1 amide bonds. The molecule has 0 unspecified atom stereocenters. The highest BCUT2D eigenvalue weighted by molar-refractivity contribution is 7.89. The minimum absolute atomic E-state index is 0.0890. The van der Waals surface area contributed by atoms with Crippen LogP contribution >= 0.6 is 0 Å². The Hall–Kier alpha value is -1.56. The zero-order valence-electron chi connectivity index (χ0n) is 9.04. The van der Waals surface area contributed by atoms with Gasteiger partial charge in [0, 0.05) is 19.0 Å². The molecule has 0 saturated heterocycles. The lowest BCUT2D eigenvalue weighted by Crippen LogP contribution is -2.23. The van der Waals surface area contributed by atoms with E-state index in [0.29, 0.717) is 11.3 Å². The summed E-state index contributed by atoms with van der Waals surface area (Å²) < 4.78 is 22.2. The van der Waals surface area contributed by atoms with Gasteiger partial charge in [-0.15, -0.1) is 0 Å². The number of hydrogen-bond acceptors (Lipinski definition) is 3. The first-order chi connectivity index (χ1) is 7.29. The average molecular weight is 243 g/mol. The van der Waals surface area contributed by atoms with Crippen molar-refractivity contribution in [3.63, 3.8) is 0 Å². The molecule has 6 heteroatoms. The Morgan fingerprint density at radius 3 is 2.56 bits per heavy atom. The van der Waals surface area contributed by atoms with E-state index in [1.54, 1.807) is 24.3 Å². The molecule has 0 saturated carbocycles. The van der Waals surface area contributed by atoms with Gasteiger partial charge in [-0.2, -0.15) is 0 Å². The molecule has 0 bridgehead atoms. The van der Waals surface area contributed by atoms with Gasteiger partial charge in [0.1, 0.15) is 0 Å². The second kappa shape index (κ2) is 4.52. The van der Waals surface area contributed by atoms with Crippen LogP contribution in [-0.4, -0.2) is 32.9 Å². The van der Waals surface area contributed by atoms with Gasteiger partial charge in [-0.3, -0.25) is 4.90 Å². The molecule has 1 aromatic rings. The van der Waals surface area contributed by atoms with E-state index in [1.807, 2.05) is 0 Å². The van der Waals surface area contributed by atoms with Crippen LogP contribution in [0, 0.1) is 0 Å². The number of nitrogens with zero attached hydrogens (tertiary/aromatic N) is 1. The largest absolute Gasteiger partial charge is 0.465 e. The summed E-state index contributed by atoms with van der Waals surface area (Å²) in [6.45, 7) is 0. The number of amides is 1. The third-order valence-corrected chi connectivity index (χ3v) is 2.87. The number of hydrogen-bond donors (Lipinski definition) is 1. The molecule has 88 valence electrons. The minimum Gasteiger partial charge on any atom is -0.465 e. The van der Waals surface area contributed by atoms with E-state index in [-0.39, 0.29) is 5.75 Å². The normalized spacial score (nSPS) is 11.1. The van der Waals surface area contributed by atoms with Crippen LogP contribution in [0.3, 0.4) is 0 Å². The molecule has 0 fully saturated rings. The fraction of sp³-hybridized carbons (Fsp3) is 0.300. The Labute approximate surface area is 94.2 Å². The van der Waals surface area contributed by atoms with Crippen LogP contribution in [0.1, 0.15) is 5.56 Å². The maximum Gasteiger partial charge on any atom is 0.411 e. The summed E-state index contributed by atoms with van der Waals surface area (Å²) in [5.41, 5.74) is 1.03. The van der Waals surface area contributed by atoms with Crippen molar-refractivity contribution in [1.82, 2.24) is 0 Å². The zero-order valence-corrected chi connectivity index (χ0v) is 9.86. The molecule has 0 aliphatic heterocycles. The predicted molar refractivity (Wildman–Crippen MR) is 61.4 cm³/mol. The predicted octanol–water partition coefficient (Wildman–Crippen LogP) is 1.35. The van der Waals surface area contributed by atoms with Crippen LogP contribution in [0.5, 0.6) is 0 Å². The standard InChI is InChI=1S/C10H13NO4S/c1-11(10(12)13)9-5-3-4-8(6-9)7-16(2,14)15/h3-6H,7H2,1-2H3,(H,12,13). The Bertz CT molecular complexity index is 495. The Kier molecular flexibility index (Phi) is 3.54. The summed E-state index contributed by atoms with van der Waals surface area (Å²) in [4.78, 5) is 11.7. The summed E-state index contributed by atoms with van der Waals surface area (Å²) in [6, 6.07) is 6.45. The fourth-order valence-corrected chi connectivity index (χ4v) is 2.05. The van der Waals surface area contributed by atoms with E-state index >= 15 is 0 Å². The summed E-state index contributed by atoms with van der Waals surface area (Å²) in [5.74, 6) is -0.0890. The summed E-state index contributed by atoms with van der Waals surface area (Å²) in [6.07, 6.45) is 0.0529. The van der Waals surface area contributed by atoms with E-state index in [1.165, 1.54) is 7.05 Å². The fourth-order valence-electron chi connectivity index (χ4n) is 1.27. The van der Waals surface area contributed by atoms with E-state index in [0.717, 1.165) is 11.2 Å². The van der Waals surface area contributed by atoms with Crippen molar-refractivity contribution in [2.24, 2.45) is 0 Å². The third kappa shape index (κ3) is 3.54. The molecular weight excluding hydrogens is 230 g/mol. The molecule has 5 nitrogen and oxygen atoms in total. The third-order valence-electron chi connectivity index (χ3n) is 2.01. The lowest BCUT2D eigenvalue weighted by atomic mass is 10.2. The van der Waals surface area contributed by atoms with Crippen LogP contribution in [0.2, 0.25) is 0 Å². The second-order valence-electron chi connectivity index (χ2n) is 3.58. The molecule has 0 spiro atoms. The average Bonchev–Trinajstić information content (AvgIpc) is 2.14. The minimum atomic E-state index is -3.11. The summed E-state index contributed by atoms with van der Waals surface area (Å²) in [7, 11) is -1.70. The number of benzene rings is 1. The van der Waals surface area contributed by atoms with Gasteiger partial charge in [-0.1, -0.05) is 12.1 Å². The van der Waals surface area contributed by atoms with Gasteiger partial charge in [0.15, 0.2) is 9.84 Å².